The molecule has 0 aliphatic carbocycles. The summed E-state index contributed by atoms with van der Waals surface area (Å²) in [6.07, 6.45) is 0. The summed E-state index contributed by atoms with van der Waals surface area (Å²) in [5.41, 5.74) is 7.62. The van der Waals surface area contributed by atoms with Crippen molar-refractivity contribution in [2.75, 3.05) is 28.4 Å². The number of benzene rings is 2. The van der Waals surface area contributed by atoms with Crippen molar-refractivity contribution in [1.82, 2.24) is 4.98 Å². The third kappa shape index (κ3) is 3.08. The minimum absolute atomic E-state index is 0.270. The van der Waals surface area contributed by atoms with Crippen LogP contribution in [0.2, 0.25) is 0 Å². The van der Waals surface area contributed by atoms with E-state index in [1.165, 1.54) is 28.4 Å². The predicted octanol–water partition coefficient (Wildman–Crippen LogP) is 3.04. The normalized spacial score (nSPS) is 10.5. The zero-order chi connectivity index (χ0) is 19.6. The fraction of sp³-hybridized carbons (Fsp3) is 0.200. The second-order valence-electron chi connectivity index (χ2n) is 5.66. The van der Waals surface area contributed by atoms with E-state index in [0.29, 0.717) is 39.4 Å². The van der Waals surface area contributed by atoms with Crippen molar-refractivity contribution in [3.8, 4) is 34.3 Å². The van der Waals surface area contributed by atoms with Crippen LogP contribution in [0.15, 0.2) is 36.4 Å². The van der Waals surface area contributed by atoms with E-state index in [4.69, 9.17) is 24.7 Å². The molecule has 0 saturated heterocycles. The molecule has 2 N–H and O–H groups in total. The number of rotatable bonds is 6. The average molecular weight is 368 g/mol. The van der Waals surface area contributed by atoms with Crippen LogP contribution < -0.4 is 24.7 Å². The molecular formula is C20H20N2O5. The van der Waals surface area contributed by atoms with Crippen LogP contribution in [0.1, 0.15) is 10.4 Å². The summed E-state index contributed by atoms with van der Waals surface area (Å²) in [5.74, 6) is 1.07. The van der Waals surface area contributed by atoms with E-state index in [2.05, 4.69) is 4.98 Å². The molecular weight excluding hydrogens is 348 g/mol. The Bertz CT molecular complexity index is 992. The Labute approximate surface area is 156 Å². The largest absolute Gasteiger partial charge is 0.494 e. The number of amides is 1. The van der Waals surface area contributed by atoms with Crippen molar-refractivity contribution < 1.29 is 23.7 Å². The van der Waals surface area contributed by atoms with Gasteiger partial charge in [0, 0.05) is 10.9 Å². The minimum atomic E-state index is -0.598. The van der Waals surface area contributed by atoms with Crippen LogP contribution in [0.25, 0.3) is 22.2 Å². The number of nitrogens with zero attached hydrogens (tertiary/aromatic N) is 1. The molecule has 0 aliphatic heterocycles. The van der Waals surface area contributed by atoms with Gasteiger partial charge in [0.25, 0.3) is 5.91 Å². The summed E-state index contributed by atoms with van der Waals surface area (Å²) in [5, 5.41) is 0.623. The van der Waals surface area contributed by atoms with Gasteiger partial charge in [-0.05, 0) is 18.2 Å². The second-order valence-corrected chi connectivity index (χ2v) is 5.66. The number of nitrogens with two attached hydrogens (primary N) is 1. The number of hydrogen-bond donors (Lipinski definition) is 1. The highest BCUT2D eigenvalue weighted by Crippen LogP contribution is 2.44. The molecule has 0 unspecified atom stereocenters. The van der Waals surface area contributed by atoms with Gasteiger partial charge in [-0.3, -0.25) is 4.79 Å². The molecule has 0 saturated carbocycles. The van der Waals surface area contributed by atoms with Crippen molar-refractivity contribution in [2.24, 2.45) is 5.73 Å². The Morgan fingerprint density at radius 1 is 0.889 bits per heavy atom. The van der Waals surface area contributed by atoms with Crippen LogP contribution in [-0.2, 0) is 0 Å². The van der Waals surface area contributed by atoms with Gasteiger partial charge in [-0.1, -0.05) is 18.2 Å². The van der Waals surface area contributed by atoms with Crippen LogP contribution in [0.3, 0.4) is 0 Å². The lowest BCUT2D eigenvalue weighted by atomic mass is 10.0. The zero-order valence-electron chi connectivity index (χ0n) is 15.5. The standard InChI is InChI=1S/C20H20N2O5/c1-24-14-9-11(10-15(25-2)18(14)26-3)17-19(27-4)16(20(21)23)12-7-5-6-8-13(12)22-17/h5-10H,1-4H3,(H2,21,23). The number of para-hydroxylation sites is 1. The molecule has 1 heterocycles. The first-order chi connectivity index (χ1) is 13.0. The number of carbonyl (C=O) groups excluding carboxylic acids is 1. The highest BCUT2D eigenvalue weighted by Gasteiger charge is 2.23. The molecule has 140 valence electrons. The van der Waals surface area contributed by atoms with E-state index in [1.807, 2.05) is 18.2 Å². The predicted molar refractivity (Wildman–Crippen MR) is 102 cm³/mol. The smallest absolute Gasteiger partial charge is 0.253 e. The Hall–Kier alpha value is -3.48. The topological polar surface area (TPSA) is 92.9 Å². The number of hydrogen-bond acceptors (Lipinski definition) is 6. The minimum Gasteiger partial charge on any atom is -0.494 e. The second kappa shape index (κ2) is 7.41. The molecule has 27 heavy (non-hydrogen) atoms. The van der Waals surface area contributed by atoms with Crippen LogP contribution in [0.5, 0.6) is 23.0 Å². The van der Waals surface area contributed by atoms with Gasteiger partial charge in [0.2, 0.25) is 5.75 Å². The number of carbonyl (C=O) groups is 1. The molecule has 0 atom stereocenters. The lowest BCUT2D eigenvalue weighted by Crippen LogP contribution is -2.14. The number of primary amides is 1. The number of methoxy groups -OCH3 is 4. The Kier molecular flexibility index (Phi) is 5.03. The van der Waals surface area contributed by atoms with Gasteiger partial charge in [0.05, 0.1) is 39.5 Å². The maximum Gasteiger partial charge on any atom is 0.253 e. The van der Waals surface area contributed by atoms with Gasteiger partial charge < -0.3 is 24.7 Å². The van der Waals surface area contributed by atoms with Crippen LogP contribution in [-0.4, -0.2) is 39.3 Å². The molecule has 0 fully saturated rings. The van der Waals surface area contributed by atoms with Crippen molar-refractivity contribution in [3.63, 3.8) is 0 Å². The molecule has 3 aromatic rings. The lowest BCUT2D eigenvalue weighted by molar-refractivity contribution is 0.0999. The first kappa shape index (κ1) is 18.3. The van der Waals surface area contributed by atoms with Gasteiger partial charge in [-0.2, -0.15) is 0 Å². The summed E-state index contributed by atoms with van der Waals surface area (Å²) < 4.78 is 21.7. The Morgan fingerprint density at radius 2 is 1.48 bits per heavy atom. The van der Waals surface area contributed by atoms with E-state index >= 15 is 0 Å². The number of aromatic nitrogens is 1. The number of fused-ring (bicyclic) bond motifs is 1. The van der Waals surface area contributed by atoms with E-state index in [0.717, 1.165) is 0 Å². The summed E-state index contributed by atoms with van der Waals surface area (Å²) in [6.45, 7) is 0. The first-order valence-corrected chi connectivity index (χ1v) is 8.12. The summed E-state index contributed by atoms with van der Waals surface area (Å²) in [6, 6.07) is 10.7. The van der Waals surface area contributed by atoms with Crippen LogP contribution in [0.4, 0.5) is 0 Å². The van der Waals surface area contributed by atoms with Gasteiger partial charge in [-0.15, -0.1) is 0 Å². The monoisotopic (exact) mass is 368 g/mol. The third-order valence-corrected chi connectivity index (χ3v) is 4.24. The molecule has 1 amide bonds. The molecule has 0 bridgehead atoms. The molecule has 7 nitrogen and oxygen atoms in total. The van der Waals surface area contributed by atoms with E-state index in [-0.39, 0.29) is 11.3 Å². The molecule has 7 heteroatoms. The van der Waals surface area contributed by atoms with Gasteiger partial charge >= 0.3 is 0 Å². The molecule has 0 radical (unpaired) electrons. The Morgan fingerprint density at radius 3 is 2.00 bits per heavy atom. The van der Waals surface area contributed by atoms with Crippen molar-refractivity contribution in [1.29, 1.82) is 0 Å². The maximum atomic E-state index is 12.2. The van der Waals surface area contributed by atoms with Crippen LogP contribution >= 0.6 is 0 Å². The summed E-state index contributed by atoms with van der Waals surface area (Å²) in [7, 11) is 6.06. The molecule has 1 aromatic heterocycles. The van der Waals surface area contributed by atoms with E-state index < -0.39 is 5.91 Å². The summed E-state index contributed by atoms with van der Waals surface area (Å²) >= 11 is 0. The molecule has 0 aliphatic rings. The van der Waals surface area contributed by atoms with Gasteiger partial charge in [0.1, 0.15) is 5.69 Å². The molecule has 2 aromatic carbocycles. The molecule has 3 rings (SSSR count). The molecule has 0 spiro atoms. The van der Waals surface area contributed by atoms with Crippen molar-refractivity contribution in [3.05, 3.63) is 42.0 Å². The van der Waals surface area contributed by atoms with Crippen molar-refractivity contribution in [2.45, 2.75) is 0 Å². The zero-order valence-corrected chi connectivity index (χ0v) is 15.5. The lowest BCUT2D eigenvalue weighted by Gasteiger charge is -2.17. The average Bonchev–Trinajstić information content (AvgIpc) is 2.70. The van der Waals surface area contributed by atoms with E-state index in [1.54, 1.807) is 18.2 Å². The SMILES string of the molecule is COc1cc(-c2nc3ccccc3c(C(N)=O)c2OC)cc(OC)c1OC. The van der Waals surface area contributed by atoms with Gasteiger partial charge in [0.15, 0.2) is 17.2 Å². The first-order valence-electron chi connectivity index (χ1n) is 8.12. The fourth-order valence-corrected chi connectivity index (χ4v) is 3.05. The fourth-order valence-electron chi connectivity index (χ4n) is 3.05. The van der Waals surface area contributed by atoms with E-state index in [9.17, 15) is 4.79 Å². The Balaban J connectivity index is 2.39. The highest BCUT2D eigenvalue weighted by atomic mass is 16.5. The number of pyridine rings is 1. The van der Waals surface area contributed by atoms with Crippen LogP contribution in [0, 0.1) is 0 Å². The summed E-state index contributed by atoms with van der Waals surface area (Å²) in [4.78, 5) is 16.9. The maximum absolute atomic E-state index is 12.2. The van der Waals surface area contributed by atoms with Crippen molar-refractivity contribution >= 4 is 16.8 Å². The number of ether oxygens (including phenoxy) is 4. The highest BCUT2D eigenvalue weighted by molar-refractivity contribution is 6.09. The third-order valence-electron chi connectivity index (χ3n) is 4.24. The van der Waals surface area contributed by atoms with Gasteiger partial charge in [-0.25, -0.2) is 4.98 Å². The quantitative estimate of drug-likeness (QED) is 0.719.